The van der Waals surface area contributed by atoms with Crippen molar-refractivity contribution in [3.63, 3.8) is 0 Å². The summed E-state index contributed by atoms with van der Waals surface area (Å²) < 4.78 is 21.1. The van der Waals surface area contributed by atoms with Gasteiger partial charge in [0.15, 0.2) is 0 Å². The van der Waals surface area contributed by atoms with E-state index in [9.17, 15) is 14.4 Å². The predicted octanol–water partition coefficient (Wildman–Crippen LogP) is -0.868. The van der Waals surface area contributed by atoms with Gasteiger partial charge >= 0.3 is 5.97 Å². The van der Waals surface area contributed by atoms with Crippen molar-refractivity contribution in [3.8, 4) is 0 Å². The van der Waals surface area contributed by atoms with E-state index in [0.29, 0.717) is 52.8 Å². The lowest BCUT2D eigenvalue weighted by molar-refractivity contribution is -0.138. The van der Waals surface area contributed by atoms with Crippen LogP contribution >= 0.6 is 0 Å². The van der Waals surface area contributed by atoms with Crippen LogP contribution in [0.4, 0.5) is 0 Å². The average Bonchev–Trinajstić information content (AvgIpc) is 2.67. The zero-order chi connectivity index (χ0) is 22.8. The molecule has 11 heteroatoms. The molecule has 5 N–H and O–H groups in total. The summed E-state index contributed by atoms with van der Waals surface area (Å²) in [5.74, 6) is -1.60. The van der Waals surface area contributed by atoms with Gasteiger partial charge in [0.05, 0.1) is 65.3 Å². The Hall–Kier alpha value is -1.79. The van der Waals surface area contributed by atoms with Gasteiger partial charge in [0.25, 0.3) is 0 Å². The van der Waals surface area contributed by atoms with Crippen molar-refractivity contribution in [1.29, 1.82) is 0 Å². The highest BCUT2D eigenvalue weighted by Gasteiger charge is 2.24. The standard InChI is InChI=1S/C19H37N3O8/c1-14(2)17(22-18(25)15(3)20)19(26)21-5-7-28-9-11-30-13-12-29-10-8-27-6-4-16(23)24/h14-15,17H,4-13,20H2,1-3H3,(H,21,26)(H,22,25)(H,23,24)/t15-,17-/m1/s1. The Labute approximate surface area is 177 Å². The fraction of sp³-hybridized carbons (Fsp3) is 0.842. The molecular formula is C19H37N3O8. The zero-order valence-corrected chi connectivity index (χ0v) is 18.2. The first-order valence-corrected chi connectivity index (χ1v) is 10.1. The molecule has 0 aromatic carbocycles. The zero-order valence-electron chi connectivity index (χ0n) is 18.2. The van der Waals surface area contributed by atoms with E-state index in [1.54, 1.807) is 6.92 Å². The SMILES string of the molecule is CC(C)[C@@H](NC(=O)[C@@H](C)N)C(=O)NCCOCCOCCOCCOCCC(=O)O. The molecule has 2 amide bonds. The topological polar surface area (TPSA) is 158 Å². The van der Waals surface area contributed by atoms with Crippen molar-refractivity contribution in [3.05, 3.63) is 0 Å². The van der Waals surface area contributed by atoms with Gasteiger partial charge in [-0.3, -0.25) is 14.4 Å². The molecule has 0 radical (unpaired) electrons. The molecule has 0 saturated heterocycles. The Morgan fingerprint density at radius 2 is 1.27 bits per heavy atom. The molecule has 0 unspecified atom stereocenters. The first kappa shape index (κ1) is 28.2. The van der Waals surface area contributed by atoms with Crippen LogP contribution in [0, 0.1) is 5.92 Å². The summed E-state index contributed by atoms with van der Waals surface area (Å²) in [5, 5.41) is 13.8. The molecular weight excluding hydrogens is 398 g/mol. The molecule has 0 rings (SSSR count). The molecule has 11 nitrogen and oxygen atoms in total. The second-order valence-corrected chi connectivity index (χ2v) is 6.90. The van der Waals surface area contributed by atoms with E-state index < -0.39 is 18.1 Å². The number of nitrogens with one attached hydrogen (secondary N) is 2. The number of carbonyl (C=O) groups excluding carboxylic acids is 2. The molecule has 0 aliphatic heterocycles. The van der Waals surface area contributed by atoms with Crippen molar-refractivity contribution in [2.45, 2.75) is 39.3 Å². The summed E-state index contributed by atoms with van der Waals surface area (Å²) >= 11 is 0. The number of ether oxygens (including phenoxy) is 4. The number of hydrogen-bond acceptors (Lipinski definition) is 8. The van der Waals surface area contributed by atoms with Crippen LogP contribution in [-0.2, 0) is 33.3 Å². The Kier molecular flexibility index (Phi) is 16.9. The molecule has 0 bridgehead atoms. The van der Waals surface area contributed by atoms with E-state index in [1.807, 2.05) is 13.8 Å². The van der Waals surface area contributed by atoms with E-state index in [0.717, 1.165) is 0 Å². The number of nitrogens with two attached hydrogens (primary N) is 1. The average molecular weight is 436 g/mol. The van der Waals surface area contributed by atoms with Gasteiger partial charge in [0, 0.05) is 6.54 Å². The van der Waals surface area contributed by atoms with Gasteiger partial charge in [-0.1, -0.05) is 13.8 Å². The van der Waals surface area contributed by atoms with Gasteiger partial charge in [-0.2, -0.15) is 0 Å². The fourth-order valence-corrected chi connectivity index (χ4v) is 2.10. The normalized spacial score (nSPS) is 13.1. The van der Waals surface area contributed by atoms with Gasteiger partial charge in [0.2, 0.25) is 11.8 Å². The summed E-state index contributed by atoms with van der Waals surface area (Å²) in [7, 11) is 0. The molecule has 0 fully saturated rings. The number of carboxylic acids is 1. The second kappa shape index (κ2) is 18.0. The lowest BCUT2D eigenvalue weighted by atomic mass is 10.0. The van der Waals surface area contributed by atoms with Crippen LogP contribution in [0.25, 0.3) is 0 Å². The molecule has 0 heterocycles. The van der Waals surface area contributed by atoms with Crippen LogP contribution in [0.3, 0.4) is 0 Å². The van der Waals surface area contributed by atoms with Crippen LogP contribution in [0.1, 0.15) is 27.2 Å². The predicted molar refractivity (Wildman–Crippen MR) is 109 cm³/mol. The van der Waals surface area contributed by atoms with Crippen molar-refractivity contribution in [2.24, 2.45) is 11.7 Å². The highest BCUT2D eigenvalue weighted by molar-refractivity contribution is 5.89. The third-order valence-electron chi connectivity index (χ3n) is 3.78. The third kappa shape index (κ3) is 16.1. The quantitative estimate of drug-likeness (QED) is 0.189. The largest absolute Gasteiger partial charge is 0.481 e. The minimum atomic E-state index is -0.889. The molecule has 0 aromatic heterocycles. The molecule has 30 heavy (non-hydrogen) atoms. The lowest BCUT2D eigenvalue weighted by Crippen LogP contribution is -2.53. The first-order chi connectivity index (χ1) is 14.3. The summed E-state index contributed by atoms with van der Waals surface area (Å²) in [6.07, 6.45) is -0.0186. The second-order valence-electron chi connectivity index (χ2n) is 6.90. The molecule has 0 aliphatic carbocycles. The molecule has 176 valence electrons. The van der Waals surface area contributed by atoms with E-state index in [-0.39, 0.29) is 30.8 Å². The van der Waals surface area contributed by atoms with Crippen molar-refractivity contribution < 1.29 is 38.4 Å². The van der Waals surface area contributed by atoms with Crippen LogP contribution in [-0.4, -0.2) is 94.4 Å². The number of carbonyl (C=O) groups is 3. The third-order valence-corrected chi connectivity index (χ3v) is 3.78. The van der Waals surface area contributed by atoms with Gasteiger partial charge in [-0.05, 0) is 12.8 Å². The van der Waals surface area contributed by atoms with Crippen molar-refractivity contribution in [2.75, 3.05) is 59.4 Å². The molecule has 0 aromatic rings. The van der Waals surface area contributed by atoms with E-state index in [4.69, 9.17) is 29.8 Å². The molecule has 2 atom stereocenters. The lowest BCUT2D eigenvalue weighted by Gasteiger charge is -2.22. The Morgan fingerprint density at radius 1 is 0.800 bits per heavy atom. The van der Waals surface area contributed by atoms with Gasteiger partial charge in [-0.15, -0.1) is 0 Å². The smallest absolute Gasteiger partial charge is 0.305 e. The first-order valence-electron chi connectivity index (χ1n) is 10.1. The van der Waals surface area contributed by atoms with Crippen LogP contribution in [0.15, 0.2) is 0 Å². The van der Waals surface area contributed by atoms with E-state index in [1.165, 1.54) is 0 Å². The minimum absolute atomic E-state index is 0.0186. The molecule has 0 aliphatic rings. The molecule has 0 saturated carbocycles. The fourth-order valence-electron chi connectivity index (χ4n) is 2.10. The van der Waals surface area contributed by atoms with Gasteiger partial charge in [0.1, 0.15) is 6.04 Å². The summed E-state index contributed by atoms with van der Waals surface area (Å²) in [6, 6.07) is -1.32. The number of rotatable bonds is 19. The van der Waals surface area contributed by atoms with E-state index >= 15 is 0 Å². The maximum atomic E-state index is 12.2. The monoisotopic (exact) mass is 435 g/mol. The minimum Gasteiger partial charge on any atom is -0.481 e. The van der Waals surface area contributed by atoms with Gasteiger partial charge in [-0.25, -0.2) is 0 Å². The Balaban J connectivity index is 3.56. The number of hydrogen-bond donors (Lipinski definition) is 4. The summed E-state index contributed by atoms with van der Waals surface area (Å²) in [6.45, 7) is 8.37. The van der Waals surface area contributed by atoms with Crippen LogP contribution in [0.5, 0.6) is 0 Å². The van der Waals surface area contributed by atoms with Crippen molar-refractivity contribution >= 4 is 17.8 Å². The van der Waals surface area contributed by atoms with Crippen molar-refractivity contribution in [1.82, 2.24) is 10.6 Å². The number of amides is 2. The van der Waals surface area contributed by atoms with Crippen LogP contribution in [0.2, 0.25) is 0 Å². The van der Waals surface area contributed by atoms with E-state index in [2.05, 4.69) is 10.6 Å². The highest BCUT2D eigenvalue weighted by atomic mass is 16.6. The summed E-state index contributed by atoms with van der Waals surface area (Å²) in [5.41, 5.74) is 5.52. The summed E-state index contributed by atoms with van der Waals surface area (Å²) in [4.78, 5) is 34.2. The maximum absolute atomic E-state index is 12.2. The maximum Gasteiger partial charge on any atom is 0.305 e. The van der Waals surface area contributed by atoms with Crippen LogP contribution < -0.4 is 16.4 Å². The number of aliphatic carboxylic acids is 1. The Morgan fingerprint density at radius 3 is 1.70 bits per heavy atom. The number of carboxylic acid groups (broad SMARTS) is 1. The molecule has 0 spiro atoms. The highest BCUT2D eigenvalue weighted by Crippen LogP contribution is 2.02. The Bertz CT molecular complexity index is 488. The van der Waals surface area contributed by atoms with Gasteiger partial charge < -0.3 is 40.4 Å².